The lowest BCUT2D eigenvalue weighted by molar-refractivity contribution is 1.19. The Hall–Kier alpha value is -2.57. The maximum Gasteiger partial charge on any atom is 0.100 e. The smallest absolute Gasteiger partial charge is 0.100 e. The van der Waals surface area contributed by atoms with E-state index in [1.807, 2.05) is 29.6 Å². The molecule has 21 heavy (non-hydrogen) atoms. The molecule has 0 radical (unpaired) electrons. The predicted octanol–water partition coefficient (Wildman–Crippen LogP) is 4.90. The van der Waals surface area contributed by atoms with Crippen molar-refractivity contribution in [2.45, 2.75) is 6.54 Å². The molecule has 0 amide bonds. The Morgan fingerprint density at radius 1 is 0.952 bits per heavy atom. The SMILES string of the molecule is N#Cc1csc(CNc2ccc(-c3ccccc3)cc2)c1. The van der Waals surface area contributed by atoms with Crippen LogP contribution in [-0.2, 0) is 6.54 Å². The third-order valence-corrected chi connectivity index (χ3v) is 4.18. The van der Waals surface area contributed by atoms with Gasteiger partial charge >= 0.3 is 0 Å². The summed E-state index contributed by atoms with van der Waals surface area (Å²) in [6.07, 6.45) is 0. The molecule has 0 spiro atoms. The summed E-state index contributed by atoms with van der Waals surface area (Å²) in [7, 11) is 0. The van der Waals surface area contributed by atoms with Gasteiger partial charge in [-0.1, -0.05) is 42.5 Å². The van der Waals surface area contributed by atoms with Crippen LogP contribution >= 0.6 is 11.3 Å². The molecule has 2 aromatic carbocycles. The van der Waals surface area contributed by atoms with Gasteiger partial charge in [-0.25, -0.2) is 0 Å². The molecular formula is C18H14N2S. The number of thiophene rings is 1. The molecule has 1 aromatic heterocycles. The fourth-order valence-corrected chi connectivity index (χ4v) is 2.88. The Balaban J connectivity index is 1.66. The highest BCUT2D eigenvalue weighted by atomic mass is 32.1. The Morgan fingerprint density at radius 3 is 2.33 bits per heavy atom. The average molecular weight is 290 g/mol. The van der Waals surface area contributed by atoms with Crippen LogP contribution in [0.2, 0.25) is 0 Å². The van der Waals surface area contributed by atoms with Crippen LogP contribution in [0.15, 0.2) is 66.0 Å². The Morgan fingerprint density at radius 2 is 1.67 bits per heavy atom. The first-order chi connectivity index (χ1) is 10.3. The monoisotopic (exact) mass is 290 g/mol. The van der Waals surface area contributed by atoms with E-state index in [4.69, 9.17) is 5.26 Å². The van der Waals surface area contributed by atoms with Crippen LogP contribution in [0.1, 0.15) is 10.4 Å². The third-order valence-electron chi connectivity index (χ3n) is 3.24. The molecule has 0 unspecified atom stereocenters. The molecule has 102 valence electrons. The summed E-state index contributed by atoms with van der Waals surface area (Å²) < 4.78 is 0. The molecule has 0 aliphatic rings. The normalized spacial score (nSPS) is 10.0. The molecule has 0 fully saturated rings. The summed E-state index contributed by atoms with van der Waals surface area (Å²) in [6.45, 7) is 0.747. The van der Waals surface area contributed by atoms with Gasteiger partial charge in [0.25, 0.3) is 0 Å². The summed E-state index contributed by atoms with van der Waals surface area (Å²) in [5, 5.41) is 14.1. The van der Waals surface area contributed by atoms with Gasteiger partial charge < -0.3 is 5.32 Å². The Bertz CT molecular complexity index is 752. The van der Waals surface area contributed by atoms with Gasteiger partial charge in [-0.3, -0.25) is 0 Å². The van der Waals surface area contributed by atoms with E-state index in [0.29, 0.717) is 0 Å². The number of anilines is 1. The lowest BCUT2D eigenvalue weighted by atomic mass is 10.1. The summed E-state index contributed by atoms with van der Waals surface area (Å²) >= 11 is 1.61. The highest BCUT2D eigenvalue weighted by Crippen LogP contribution is 2.22. The zero-order valence-electron chi connectivity index (χ0n) is 11.4. The van der Waals surface area contributed by atoms with Gasteiger partial charge in [-0.05, 0) is 29.3 Å². The zero-order chi connectivity index (χ0) is 14.5. The van der Waals surface area contributed by atoms with Crippen molar-refractivity contribution in [3.05, 3.63) is 76.5 Å². The van der Waals surface area contributed by atoms with Gasteiger partial charge in [0.15, 0.2) is 0 Å². The van der Waals surface area contributed by atoms with Crippen molar-refractivity contribution in [3.8, 4) is 17.2 Å². The predicted molar refractivity (Wildman–Crippen MR) is 88.2 cm³/mol. The van der Waals surface area contributed by atoms with E-state index in [1.165, 1.54) is 16.0 Å². The van der Waals surface area contributed by atoms with E-state index in [0.717, 1.165) is 17.8 Å². The average Bonchev–Trinajstić information content (AvgIpc) is 3.02. The first-order valence-electron chi connectivity index (χ1n) is 6.72. The van der Waals surface area contributed by atoms with Crippen LogP contribution < -0.4 is 5.32 Å². The largest absolute Gasteiger partial charge is 0.380 e. The van der Waals surface area contributed by atoms with Crippen LogP contribution in [0.5, 0.6) is 0 Å². The molecule has 0 bridgehead atoms. The van der Waals surface area contributed by atoms with E-state index in [-0.39, 0.29) is 0 Å². The van der Waals surface area contributed by atoms with Crippen LogP contribution in [-0.4, -0.2) is 0 Å². The van der Waals surface area contributed by atoms with Crippen molar-refractivity contribution >= 4 is 17.0 Å². The van der Waals surface area contributed by atoms with Gasteiger partial charge in [0.2, 0.25) is 0 Å². The molecule has 0 atom stereocenters. The third kappa shape index (κ3) is 3.31. The van der Waals surface area contributed by atoms with Gasteiger partial charge in [-0.2, -0.15) is 5.26 Å². The molecule has 3 heteroatoms. The van der Waals surface area contributed by atoms with Gasteiger partial charge in [-0.15, -0.1) is 11.3 Å². The summed E-state index contributed by atoms with van der Waals surface area (Å²) in [5.41, 5.74) is 4.25. The highest BCUT2D eigenvalue weighted by molar-refractivity contribution is 7.10. The van der Waals surface area contributed by atoms with Crippen molar-refractivity contribution in [1.29, 1.82) is 5.26 Å². The number of rotatable bonds is 4. The second-order valence-corrected chi connectivity index (χ2v) is 5.71. The van der Waals surface area contributed by atoms with Crippen molar-refractivity contribution in [2.24, 2.45) is 0 Å². The standard InChI is InChI=1S/C18H14N2S/c19-11-14-10-18(21-13-14)12-20-17-8-6-16(7-9-17)15-4-2-1-3-5-15/h1-10,13,20H,12H2. The number of benzene rings is 2. The van der Waals surface area contributed by atoms with Crippen LogP contribution in [0.25, 0.3) is 11.1 Å². The molecule has 3 aromatic rings. The minimum Gasteiger partial charge on any atom is -0.380 e. The lowest BCUT2D eigenvalue weighted by Gasteiger charge is -2.06. The van der Waals surface area contributed by atoms with Crippen LogP contribution in [0.4, 0.5) is 5.69 Å². The minimum absolute atomic E-state index is 0.733. The first-order valence-corrected chi connectivity index (χ1v) is 7.60. The Kier molecular flexibility index (Phi) is 3.99. The fraction of sp³-hybridized carbons (Fsp3) is 0.0556. The quantitative estimate of drug-likeness (QED) is 0.742. The molecule has 0 saturated carbocycles. The van der Waals surface area contributed by atoms with Crippen molar-refractivity contribution in [3.63, 3.8) is 0 Å². The number of nitrogens with zero attached hydrogens (tertiary/aromatic N) is 1. The van der Waals surface area contributed by atoms with E-state index in [1.54, 1.807) is 11.3 Å². The summed E-state index contributed by atoms with van der Waals surface area (Å²) in [4.78, 5) is 1.17. The number of nitriles is 1. The fourth-order valence-electron chi connectivity index (χ4n) is 2.13. The highest BCUT2D eigenvalue weighted by Gasteiger charge is 2.00. The van der Waals surface area contributed by atoms with Crippen molar-refractivity contribution in [1.82, 2.24) is 0 Å². The van der Waals surface area contributed by atoms with Gasteiger partial charge in [0.05, 0.1) is 5.56 Å². The van der Waals surface area contributed by atoms with Crippen LogP contribution in [0.3, 0.4) is 0 Å². The number of hydrogen-bond acceptors (Lipinski definition) is 3. The second kappa shape index (κ2) is 6.25. The molecule has 0 aliphatic carbocycles. The van der Waals surface area contributed by atoms with E-state index in [9.17, 15) is 0 Å². The molecule has 2 nitrogen and oxygen atoms in total. The van der Waals surface area contributed by atoms with Gasteiger partial charge in [0, 0.05) is 22.5 Å². The van der Waals surface area contributed by atoms with E-state index >= 15 is 0 Å². The minimum atomic E-state index is 0.733. The summed E-state index contributed by atoms with van der Waals surface area (Å²) in [5.74, 6) is 0. The van der Waals surface area contributed by atoms with Gasteiger partial charge in [0.1, 0.15) is 6.07 Å². The van der Waals surface area contributed by atoms with Crippen LogP contribution in [0, 0.1) is 11.3 Å². The van der Waals surface area contributed by atoms with E-state index in [2.05, 4.69) is 47.8 Å². The Labute approximate surface area is 128 Å². The number of hydrogen-bond donors (Lipinski definition) is 1. The lowest BCUT2D eigenvalue weighted by Crippen LogP contribution is -1.96. The molecule has 3 rings (SSSR count). The maximum atomic E-state index is 8.81. The second-order valence-electron chi connectivity index (χ2n) is 4.71. The van der Waals surface area contributed by atoms with Crippen molar-refractivity contribution < 1.29 is 0 Å². The molecule has 1 N–H and O–H groups in total. The van der Waals surface area contributed by atoms with E-state index < -0.39 is 0 Å². The maximum absolute atomic E-state index is 8.81. The molecule has 1 heterocycles. The molecule has 0 aliphatic heterocycles. The number of nitrogens with one attached hydrogen (secondary N) is 1. The molecular weight excluding hydrogens is 276 g/mol. The summed E-state index contributed by atoms with van der Waals surface area (Å²) in [6, 6.07) is 22.8. The molecule has 0 saturated heterocycles. The topological polar surface area (TPSA) is 35.8 Å². The zero-order valence-corrected chi connectivity index (χ0v) is 12.2. The van der Waals surface area contributed by atoms with Crippen molar-refractivity contribution in [2.75, 3.05) is 5.32 Å². The first kappa shape index (κ1) is 13.4.